The van der Waals surface area contributed by atoms with E-state index < -0.39 is 31.1 Å². The molecular formula is C18H17N5O5. The monoisotopic (exact) mass is 383 g/mol. The Morgan fingerprint density at radius 2 is 1.96 bits per heavy atom. The highest BCUT2D eigenvalue weighted by Gasteiger charge is 2.44. The molecule has 144 valence electrons. The minimum Gasteiger partial charge on any atom is -0.394 e. The van der Waals surface area contributed by atoms with Crippen LogP contribution in [0, 0.1) is 0 Å². The first-order valence-electron chi connectivity index (χ1n) is 8.74. The van der Waals surface area contributed by atoms with Crippen molar-refractivity contribution in [3.8, 4) is 11.3 Å². The first-order valence-corrected chi connectivity index (χ1v) is 8.74. The predicted octanol–water partition coefficient (Wildman–Crippen LogP) is -0.349. The summed E-state index contributed by atoms with van der Waals surface area (Å²) in [5.41, 5.74) is 1.56. The summed E-state index contributed by atoms with van der Waals surface area (Å²) in [5, 5.41) is 29.5. The lowest BCUT2D eigenvalue weighted by molar-refractivity contribution is -0.0511. The van der Waals surface area contributed by atoms with Crippen LogP contribution in [0.25, 0.3) is 28.2 Å². The van der Waals surface area contributed by atoms with Gasteiger partial charge in [-0.05, 0) is 5.56 Å². The van der Waals surface area contributed by atoms with Crippen LogP contribution in [0.2, 0.25) is 0 Å². The van der Waals surface area contributed by atoms with Crippen molar-refractivity contribution in [2.75, 3.05) is 6.61 Å². The molecule has 0 unspecified atom stereocenters. The second-order valence-electron chi connectivity index (χ2n) is 6.70. The van der Waals surface area contributed by atoms with E-state index in [0.29, 0.717) is 5.78 Å². The molecule has 0 amide bonds. The zero-order valence-electron chi connectivity index (χ0n) is 14.5. The number of rotatable bonds is 3. The highest BCUT2D eigenvalue weighted by molar-refractivity contribution is 5.73. The minimum absolute atomic E-state index is 0.105. The molecule has 1 fully saturated rings. The van der Waals surface area contributed by atoms with Crippen LogP contribution < -0.4 is 5.56 Å². The first-order chi connectivity index (χ1) is 13.6. The molecule has 1 saturated heterocycles. The Kier molecular flexibility index (Phi) is 3.81. The van der Waals surface area contributed by atoms with Gasteiger partial charge in [-0.2, -0.15) is 4.98 Å². The van der Waals surface area contributed by atoms with E-state index >= 15 is 0 Å². The molecule has 1 aromatic carbocycles. The van der Waals surface area contributed by atoms with Gasteiger partial charge in [0.05, 0.1) is 18.6 Å². The number of nitrogens with one attached hydrogen (secondary N) is 1. The third kappa shape index (κ3) is 2.39. The topological polar surface area (TPSA) is 138 Å². The van der Waals surface area contributed by atoms with Gasteiger partial charge in [0.2, 0.25) is 5.78 Å². The Morgan fingerprint density at radius 1 is 1.18 bits per heavy atom. The number of hydrogen-bond donors (Lipinski definition) is 4. The highest BCUT2D eigenvalue weighted by atomic mass is 16.6. The van der Waals surface area contributed by atoms with Crippen LogP contribution in [-0.2, 0) is 4.74 Å². The second-order valence-corrected chi connectivity index (χ2v) is 6.70. The van der Waals surface area contributed by atoms with Crippen molar-refractivity contribution >= 4 is 16.9 Å². The van der Waals surface area contributed by atoms with E-state index in [9.17, 15) is 20.1 Å². The summed E-state index contributed by atoms with van der Waals surface area (Å²) >= 11 is 0. The summed E-state index contributed by atoms with van der Waals surface area (Å²) in [6.07, 6.45) is -1.51. The van der Waals surface area contributed by atoms with Gasteiger partial charge in [0.1, 0.15) is 18.3 Å². The molecule has 0 saturated carbocycles. The van der Waals surface area contributed by atoms with Gasteiger partial charge in [0, 0.05) is 6.20 Å². The Bertz CT molecular complexity index is 1210. The number of aromatic amines is 1. The molecule has 0 spiro atoms. The molecule has 0 radical (unpaired) electrons. The van der Waals surface area contributed by atoms with E-state index in [1.807, 2.05) is 30.3 Å². The van der Waals surface area contributed by atoms with E-state index in [0.717, 1.165) is 11.3 Å². The van der Waals surface area contributed by atoms with Gasteiger partial charge in [0.15, 0.2) is 17.4 Å². The maximum Gasteiger partial charge on any atom is 0.287 e. The van der Waals surface area contributed by atoms with Crippen LogP contribution in [0.5, 0.6) is 0 Å². The molecule has 4 atom stereocenters. The number of hydrogen-bond acceptors (Lipinski definition) is 7. The van der Waals surface area contributed by atoms with E-state index in [2.05, 4.69) is 15.0 Å². The fourth-order valence-electron chi connectivity index (χ4n) is 3.53. The van der Waals surface area contributed by atoms with Gasteiger partial charge in [-0.15, -0.1) is 0 Å². The van der Waals surface area contributed by atoms with Crippen LogP contribution in [0.1, 0.15) is 6.23 Å². The van der Waals surface area contributed by atoms with E-state index in [4.69, 9.17) is 4.74 Å². The van der Waals surface area contributed by atoms with Crippen molar-refractivity contribution in [2.24, 2.45) is 0 Å². The maximum absolute atomic E-state index is 12.9. The average molecular weight is 383 g/mol. The van der Waals surface area contributed by atoms with Crippen molar-refractivity contribution in [2.45, 2.75) is 24.5 Å². The van der Waals surface area contributed by atoms with Gasteiger partial charge < -0.3 is 25.0 Å². The molecule has 4 N–H and O–H groups in total. The number of aliphatic hydroxyl groups excluding tert-OH is 3. The second kappa shape index (κ2) is 6.24. The first kappa shape index (κ1) is 17.1. The number of aromatic nitrogens is 5. The summed E-state index contributed by atoms with van der Waals surface area (Å²) in [4.78, 5) is 24.6. The summed E-state index contributed by atoms with van der Waals surface area (Å²) in [6.45, 7) is -0.446. The lowest BCUT2D eigenvalue weighted by Gasteiger charge is -2.16. The van der Waals surface area contributed by atoms with Crippen LogP contribution >= 0.6 is 0 Å². The number of imidazole rings is 2. The standard InChI is InChI=1S/C18H17N5O5/c24-7-11-13(25)14(26)17(28-11)23-8-19-12-15(23)21-18-20-10(6-22(18)16(12)27)9-4-2-1-3-5-9/h1-6,8,11,13-14,17,24-26H,7H2,(H,20,21)/t11-,13-,14-,17-/m1/s1. The molecule has 1 aliphatic heterocycles. The molecule has 10 nitrogen and oxygen atoms in total. The van der Waals surface area contributed by atoms with Crippen molar-refractivity contribution in [1.29, 1.82) is 0 Å². The SMILES string of the molecule is O=c1c2ncn([C@@H]3O[C@H](CO)[C@@H](O)[C@H]3O)c2nc2[nH]c(-c3ccccc3)cn12. The Hall–Kier alpha value is -3.05. The van der Waals surface area contributed by atoms with Crippen molar-refractivity contribution in [1.82, 2.24) is 23.9 Å². The van der Waals surface area contributed by atoms with Gasteiger partial charge in [0.25, 0.3) is 5.56 Å². The van der Waals surface area contributed by atoms with Gasteiger partial charge in [-0.3, -0.25) is 9.36 Å². The normalized spacial score (nSPS) is 25.1. The molecule has 0 bridgehead atoms. The number of H-pyrrole nitrogens is 1. The van der Waals surface area contributed by atoms with E-state index in [-0.39, 0.29) is 16.7 Å². The van der Waals surface area contributed by atoms with E-state index in [1.165, 1.54) is 15.3 Å². The molecule has 0 aliphatic carbocycles. The Balaban J connectivity index is 1.66. The number of aliphatic hydroxyl groups is 3. The molecule has 4 aromatic rings. The van der Waals surface area contributed by atoms with Gasteiger partial charge >= 0.3 is 0 Å². The van der Waals surface area contributed by atoms with Gasteiger partial charge in [-0.25, -0.2) is 9.38 Å². The van der Waals surface area contributed by atoms with Crippen LogP contribution in [0.4, 0.5) is 0 Å². The fourth-order valence-corrected chi connectivity index (χ4v) is 3.53. The maximum atomic E-state index is 12.9. The van der Waals surface area contributed by atoms with Crippen LogP contribution in [-0.4, -0.2) is 64.2 Å². The summed E-state index contributed by atoms with van der Waals surface area (Å²) in [5.74, 6) is 0.310. The number of benzene rings is 1. The van der Waals surface area contributed by atoms with Crippen molar-refractivity contribution < 1.29 is 20.1 Å². The van der Waals surface area contributed by atoms with Crippen LogP contribution in [0.15, 0.2) is 47.7 Å². The Labute approximate surface area is 157 Å². The summed E-state index contributed by atoms with van der Waals surface area (Å²) in [6, 6.07) is 9.51. The predicted molar refractivity (Wildman–Crippen MR) is 97.5 cm³/mol. The lowest BCUT2D eigenvalue weighted by Crippen LogP contribution is -2.33. The zero-order valence-corrected chi connectivity index (χ0v) is 14.5. The molecule has 10 heteroatoms. The summed E-state index contributed by atoms with van der Waals surface area (Å²) in [7, 11) is 0. The molecule has 1 aliphatic rings. The number of fused-ring (bicyclic) bond motifs is 2. The van der Waals surface area contributed by atoms with Gasteiger partial charge in [-0.1, -0.05) is 30.3 Å². The quantitative estimate of drug-likeness (QED) is 0.379. The zero-order chi connectivity index (χ0) is 19.4. The molecule has 3 aromatic heterocycles. The Morgan fingerprint density at radius 3 is 2.68 bits per heavy atom. The smallest absolute Gasteiger partial charge is 0.287 e. The fraction of sp³-hybridized carbons (Fsp3) is 0.278. The third-order valence-corrected chi connectivity index (χ3v) is 5.01. The number of nitrogens with zero attached hydrogens (tertiary/aromatic N) is 4. The highest BCUT2D eigenvalue weighted by Crippen LogP contribution is 2.31. The molecule has 4 heterocycles. The third-order valence-electron chi connectivity index (χ3n) is 5.01. The molecular weight excluding hydrogens is 366 g/mol. The molecule has 28 heavy (non-hydrogen) atoms. The number of ether oxygens (including phenoxy) is 1. The van der Waals surface area contributed by atoms with Crippen LogP contribution in [0.3, 0.4) is 0 Å². The largest absolute Gasteiger partial charge is 0.394 e. The minimum atomic E-state index is -1.29. The average Bonchev–Trinajstić information content (AvgIpc) is 3.40. The lowest BCUT2D eigenvalue weighted by atomic mass is 10.1. The summed E-state index contributed by atoms with van der Waals surface area (Å²) < 4.78 is 8.29. The van der Waals surface area contributed by atoms with Crippen molar-refractivity contribution in [3.63, 3.8) is 0 Å². The molecule has 5 rings (SSSR count). The van der Waals surface area contributed by atoms with Crippen molar-refractivity contribution in [3.05, 3.63) is 53.2 Å². The van der Waals surface area contributed by atoms with E-state index in [1.54, 1.807) is 6.20 Å².